The molecule has 0 aromatic heterocycles. The molecule has 0 radical (unpaired) electrons. The predicted molar refractivity (Wildman–Crippen MR) is 52.5 cm³/mol. The Morgan fingerprint density at radius 1 is 1.31 bits per heavy atom. The zero-order valence-corrected chi connectivity index (χ0v) is 8.94. The Morgan fingerprint density at radius 2 is 1.92 bits per heavy atom. The topological polar surface area (TPSA) is 77.8 Å². The van der Waals surface area contributed by atoms with Crippen LogP contribution in [0, 0.1) is 0 Å². The first-order valence-corrected chi connectivity index (χ1v) is 6.32. The van der Waals surface area contributed by atoms with Crippen molar-refractivity contribution in [3.05, 3.63) is 0 Å². The highest BCUT2D eigenvalue weighted by Crippen LogP contribution is 2.29. The SMILES string of the molecule is CCCCC[PH](=O)C(O)C(O)CO. The lowest BCUT2D eigenvalue weighted by Gasteiger charge is -2.14. The predicted octanol–water partition coefficient (Wildman–Crippen LogP) is 0.408. The van der Waals surface area contributed by atoms with E-state index in [2.05, 4.69) is 0 Å². The number of aliphatic hydroxyl groups excluding tert-OH is 3. The molecule has 0 spiro atoms. The molecule has 0 aliphatic heterocycles. The average Bonchev–Trinajstić information content (AvgIpc) is 2.15. The Labute approximate surface area is 79.4 Å². The Morgan fingerprint density at radius 3 is 2.38 bits per heavy atom. The molecule has 0 aromatic carbocycles. The first-order chi connectivity index (χ1) is 6.13. The van der Waals surface area contributed by atoms with Crippen LogP contribution in [0.25, 0.3) is 0 Å². The van der Waals surface area contributed by atoms with Gasteiger partial charge >= 0.3 is 0 Å². The van der Waals surface area contributed by atoms with Gasteiger partial charge in [-0.05, 0) is 6.42 Å². The Bertz CT molecular complexity index is 151. The van der Waals surface area contributed by atoms with Crippen molar-refractivity contribution < 1.29 is 19.9 Å². The molecule has 0 aliphatic rings. The van der Waals surface area contributed by atoms with Crippen molar-refractivity contribution in [2.75, 3.05) is 12.8 Å². The molecular weight excluding hydrogens is 191 g/mol. The molecule has 0 saturated carbocycles. The van der Waals surface area contributed by atoms with E-state index in [0.29, 0.717) is 6.16 Å². The summed E-state index contributed by atoms with van der Waals surface area (Å²) >= 11 is 0. The van der Waals surface area contributed by atoms with Gasteiger partial charge in [0.1, 0.15) is 19.8 Å². The van der Waals surface area contributed by atoms with Crippen molar-refractivity contribution in [2.24, 2.45) is 0 Å². The van der Waals surface area contributed by atoms with Crippen molar-refractivity contribution in [3.63, 3.8) is 0 Å². The monoisotopic (exact) mass is 210 g/mol. The molecule has 0 saturated heterocycles. The van der Waals surface area contributed by atoms with E-state index in [1.807, 2.05) is 6.92 Å². The van der Waals surface area contributed by atoms with E-state index < -0.39 is 26.4 Å². The van der Waals surface area contributed by atoms with Gasteiger partial charge in [0.15, 0.2) is 0 Å². The van der Waals surface area contributed by atoms with Gasteiger partial charge in [0.05, 0.1) is 6.61 Å². The highest BCUT2D eigenvalue weighted by Gasteiger charge is 2.20. The van der Waals surface area contributed by atoms with Crippen LogP contribution in [0.3, 0.4) is 0 Å². The fraction of sp³-hybridized carbons (Fsp3) is 1.00. The van der Waals surface area contributed by atoms with Crippen molar-refractivity contribution in [2.45, 2.75) is 38.1 Å². The largest absolute Gasteiger partial charge is 0.394 e. The minimum absolute atomic E-state index is 0.455. The maximum atomic E-state index is 11.3. The molecule has 3 N–H and O–H groups in total. The third-order valence-corrected chi connectivity index (χ3v) is 3.80. The lowest BCUT2D eigenvalue weighted by Crippen LogP contribution is -2.26. The number of unbranched alkanes of at least 4 members (excludes halogenated alkanes) is 2. The van der Waals surface area contributed by atoms with Gasteiger partial charge in [0.2, 0.25) is 0 Å². The third kappa shape index (κ3) is 5.42. The van der Waals surface area contributed by atoms with Gasteiger partial charge in [0, 0.05) is 6.16 Å². The summed E-state index contributed by atoms with van der Waals surface area (Å²) in [6.45, 7) is 1.50. The van der Waals surface area contributed by atoms with Crippen molar-refractivity contribution in [3.8, 4) is 0 Å². The normalized spacial score (nSPS) is 18.2. The van der Waals surface area contributed by atoms with Gasteiger partial charge < -0.3 is 19.9 Å². The quantitative estimate of drug-likeness (QED) is 0.420. The lowest BCUT2D eigenvalue weighted by atomic mass is 10.3. The summed E-state index contributed by atoms with van der Waals surface area (Å²) in [7, 11) is -2.16. The van der Waals surface area contributed by atoms with Gasteiger partial charge in [-0.15, -0.1) is 0 Å². The van der Waals surface area contributed by atoms with Crippen LogP contribution in [-0.2, 0) is 4.57 Å². The van der Waals surface area contributed by atoms with Gasteiger partial charge in [-0.1, -0.05) is 19.8 Å². The molecule has 0 rings (SSSR count). The van der Waals surface area contributed by atoms with Crippen molar-refractivity contribution in [1.82, 2.24) is 0 Å². The molecule has 13 heavy (non-hydrogen) atoms. The molecule has 3 unspecified atom stereocenters. The second-order valence-electron chi connectivity index (χ2n) is 3.12. The summed E-state index contributed by atoms with van der Waals surface area (Å²) in [5.41, 5.74) is 0. The van der Waals surface area contributed by atoms with Gasteiger partial charge in [-0.2, -0.15) is 0 Å². The summed E-state index contributed by atoms with van der Waals surface area (Å²) in [6.07, 6.45) is 2.03. The molecular formula is C8H19O4P. The Balaban J connectivity index is 3.69. The van der Waals surface area contributed by atoms with E-state index in [0.717, 1.165) is 19.3 Å². The molecule has 0 heterocycles. The van der Waals surface area contributed by atoms with Crippen LogP contribution in [0.1, 0.15) is 26.2 Å². The van der Waals surface area contributed by atoms with Crippen LogP contribution < -0.4 is 0 Å². The maximum absolute atomic E-state index is 11.3. The molecule has 0 fully saturated rings. The highest BCUT2D eigenvalue weighted by atomic mass is 31.1. The van der Waals surface area contributed by atoms with Gasteiger partial charge in [-0.25, -0.2) is 0 Å². The minimum Gasteiger partial charge on any atom is -0.394 e. The van der Waals surface area contributed by atoms with Crippen molar-refractivity contribution in [1.29, 1.82) is 0 Å². The summed E-state index contributed by atoms with van der Waals surface area (Å²) in [4.78, 5) is 0. The zero-order chi connectivity index (χ0) is 10.3. The van der Waals surface area contributed by atoms with Gasteiger partial charge in [0.25, 0.3) is 0 Å². The average molecular weight is 210 g/mol. The van der Waals surface area contributed by atoms with Crippen LogP contribution >= 0.6 is 7.80 Å². The maximum Gasteiger partial charge on any atom is 0.132 e. The second-order valence-corrected chi connectivity index (χ2v) is 5.14. The number of hydrogen-bond acceptors (Lipinski definition) is 4. The zero-order valence-electron chi connectivity index (χ0n) is 7.94. The fourth-order valence-corrected chi connectivity index (χ4v) is 2.44. The molecule has 5 heteroatoms. The smallest absolute Gasteiger partial charge is 0.132 e. The standard InChI is InChI=1S/C8H19O4P/c1-2-3-4-5-13(12)8(11)7(10)6-9/h7-11,13H,2-6H2,1H3. The summed E-state index contributed by atoms with van der Waals surface area (Å²) in [6, 6.07) is 0. The number of aliphatic hydroxyl groups is 3. The minimum atomic E-state index is -2.16. The molecule has 80 valence electrons. The molecule has 0 aliphatic carbocycles. The van der Waals surface area contributed by atoms with Crippen molar-refractivity contribution >= 4 is 7.80 Å². The van der Waals surface area contributed by atoms with E-state index in [-0.39, 0.29) is 0 Å². The highest BCUT2D eigenvalue weighted by molar-refractivity contribution is 7.45. The fourth-order valence-electron chi connectivity index (χ4n) is 1.01. The van der Waals surface area contributed by atoms with Crippen LogP contribution in [0.2, 0.25) is 0 Å². The van der Waals surface area contributed by atoms with Gasteiger partial charge in [-0.3, -0.25) is 0 Å². The summed E-state index contributed by atoms with van der Waals surface area (Å²) < 4.78 is 11.3. The van der Waals surface area contributed by atoms with Crippen LogP contribution in [0.5, 0.6) is 0 Å². The van der Waals surface area contributed by atoms with E-state index in [4.69, 9.17) is 10.2 Å². The molecule has 4 nitrogen and oxygen atoms in total. The van der Waals surface area contributed by atoms with Crippen LogP contribution in [0.4, 0.5) is 0 Å². The summed E-state index contributed by atoms with van der Waals surface area (Å²) in [5.74, 6) is -1.24. The second kappa shape index (κ2) is 7.51. The number of hydrogen-bond donors (Lipinski definition) is 3. The van der Waals surface area contributed by atoms with Crippen LogP contribution in [0.15, 0.2) is 0 Å². The number of rotatable bonds is 7. The molecule has 0 amide bonds. The third-order valence-electron chi connectivity index (χ3n) is 1.91. The first-order valence-electron chi connectivity index (χ1n) is 4.63. The Hall–Kier alpha value is 0.110. The first kappa shape index (κ1) is 13.1. The molecule has 3 atom stereocenters. The molecule has 0 aromatic rings. The molecule has 0 bridgehead atoms. The van der Waals surface area contributed by atoms with E-state index in [1.165, 1.54) is 0 Å². The van der Waals surface area contributed by atoms with E-state index >= 15 is 0 Å². The summed E-state index contributed by atoms with van der Waals surface area (Å²) in [5, 5.41) is 26.7. The Kier molecular flexibility index (Phi) is 7.57. The van der Waals surface area contributed by atoms with Crippen LogP contribution in [-0.4, -0.2) is 40.0 Å². The lowest BCUT2D eigenvalue weighted by molar-refractivity contribution is 0.0245. The van der Waals surface area contributed by atoms with E-state index in [9.17, 15) is 9.67 Å². The van der Waals surface area contributed by atoms with E-state index in [1.54, 1.807) is 0 Å².